The summed E-state index contributed by atoms with van der Waals surface area (Å²) in [5.41, 5.74) is 1.30. The maximum absolute atomic E-state index is 13.0. The van der Waals surface area contributed by atoms with Crippen molar-refractivity contribution in [1.82, 2.24) is 5.32 Å². The molecule has 3 rings (SSSR count). The summed E-state index contributed by atoms with van der Waals surface area (Å²) in [6.07, 6.45) is 0.208. The summed E-state index contributed by atoms with van der Waals surface area (Å²) in [6, 6.07) is 12.0. The molecular weight excluding hydrogens is 424 g/mol. The first-order valence-electron chi connectivity index (χ1n) is 9.50. The fraction of sp³-hybridized carbons (Fsp3) is 0.333. The Morgan fingerprint density at radius 2 is 2.03 bits per heavy atom. The fourth-order valence-corrected chi connectivity index (χ4v) is 5.41. The van der Waals surface area contributed by atoms with Crippen molar-refractivity contribution in [3.8, 4) is 5.75 Å². The number of fused-ring (bicyclic) bond motifs is 1. The minimum atomic E-state index is -3.74. The van der Waals surface area contributed by atoms with Gasteiger partial charge in [0.25, 0.3) is 0 Å². The Bertz CT molecular complexity index is 1050. The van der Waals surface area contributed by atoms with Gasteiger partial charge >= 0.3 is 0 Å². The van der Waals surface area contributed by atoms with Crippen LogP contribution in [0.4, 0.5) is 5.69 Å². The van der Waals surface area contributed by atoms with Crippen molar-refractivity contribution < 1.29 is 22.7 Å². The van der Waals surface area contributed by atoms with E-state index in [-0.39, 0.29) is 29.7 Å². The van der Waals surface area contributed by atoms with E-state index in [1.165, 1.54) is 30.8 Å². The molecule has 2 N–H and O–H groups in total. The number of benzene rings is 2. The van der Waals surface area contributed by atoms with E-state index in [1.54, 1.807) is 19.2 Å². The Labute approximate surface area is 180 Å². The molecule has 1 atom stereocenters. The van der Waals surface area contributed by atoms with Crippen LogP contribution in [0, 0.1) is 0 Å². The number of rotatable bonds is 7. The lowest BCUT2D eigenvalue weighted by molar-refractivity contribution is -0.121. The van der Waals surface area contributed by atoms with Crippen molar-refractivity contribution in [2.24, 2.45) is 0 Å². The minimum Gasteiger partial charge on any atom is -0.496 e. The number of ether oxygens (including phenoxy) is 1. The van der Waals surface area contributed by atoms with Crippen molar-refractivity contribution >= 4 is 39.1 Å². The second-order valence-electron chi connectivity index (χ2n) is 6.95. The number of carbonyl (C=O) groups is 2. The normalized spacial score (nSPS) is 14.8. The lowest BCUT2D eigenvalue weighted by atomic mass is 10.2. The largest absolute Gasteiger partial charge is 0.496 e. The third kappa shape index (κ3) is 5.14. The minimum absolute atomic E-state index is 0.0917. The number of nitrogens with one attached hydrogen (secondary N) is 2. The number of sulfone groups is 1. The van der Waals surface area contributed by atoms with E-state index in [0.717, 1.165) is 10.5 Å². The molecule has 0 spiro atoms. The van der Waals surface area contributed by atoms with Gasteiger partial charge in [0.1, 0.15) is 5.75 Å². The lowest BCUT2D eigenvalue weighted by Crippen LogP contribution is -2.30. The Kier molecular flexibility index (Phi) is 7.04. The highest BCUT2D eigenvalue weighted by Crippen LogP contribution is 2.33. The molecule has 2 aromatic rings. The molecule has 0 fully saturated rings. The highest BCUT2D eigenvalue weighted by atomic mass is 32.2. The summed E-state index contributed by atoms with van der Waals surface area (Å²) < 4.78 is 31.2. The standard InChI is InChI=1S/C21H24N2O5S2/c1-14(11-21(25)22-13-15-5-3-4-6-18(15)28-2)30(26,27)16-7-8-19-17(12-16)23-20(24)9-10-29-19/h3-8,12,14H,9-11,13H2,1-2H3,(H,22,25)(H,23,24). The Morgan fingerprint density at radius 3 is 2.80 bits per heavy atom. The van der Waals surface area contributed by atoms with Crippen LogP contribution in [0.25, 0.3) is 0 Å². The molecule has 0 saturated carbocycles. The molecule has 0 bridgehead atoms. The highest BCUT2D eigenvalue weighted by Gasteiger charge is 2.27. The molecule has 0 aliphatic carbocycles. The van der Waals surface area contributed by atoms with Gasteiger partial charge in [-0.3, -0.25) is 9.59 Å². The molecule has 0 aromatic heterocycles. The summed E-state index contributed by atoms with van der Waals surface area (Å²) in [5.74, 6) is 0.798. The zero-order chi connectivity index (χ0) is 21.7. The Hall–Kier alpha value is -2.52. The fourth-order valence-electron chi connectivity index (χ4n) is 3.09. The number of methoxy groups -OCH3 is 1. The van der Waals surface area contributed by atoms with Gasteiger partial charge in [0, 0.05) is 35.6 Å². The van der Waals surface area contributed by atoms with Gasteiger partial charge in [-0.25, -0.2) is 8.42 Å². The zero-order valence-corrected chi connectivity index (χ0v) is 18.4. The van der Waals surface area contributed by atoms with E-state index in [4.69, 9.17) is 4.74 Å². The lowest BCUT2D eigenvalue weighted by Gasteiger charge is -2.15. The van der Waals surface area contributed by atoms with E-state index >= 15 is 0 Å². The van der Waals surface area contributed by atoms with Crippen molar-refractivity contribution in [1.29, 1.82) is 0 Å². The van der Waals surface area contributed by atoms with Gasteiger partial charge < -0.3 is 15.4 Å². The second-order valence-corrected chi connectivity index (χ2v) is 10.5. The number of para-hydroxylation sites is 1. The summed E-state index contributed by atoms with van der Waals surface area (Å²) >= 11 is 1.51. The summed E-state index contributed by atoms with van der Waals surface area (Å²) in [4.78, 5) is 25.1. The molecule has 0 radical (unpaired) electrons. The van der Waals surface area contributed by atoms with Crippen molar-refractivity contribution in [2.45, 2.75) is 41.4 Å². The van der Waals surface area contributed by atoms with Crippen LogP contribution in [0.1, 0.15) is 25.3 Å². The van der Waals surface area contributed by atoms with Gasteiger partial charge in [-0.2, -0.15) is 0 Å². The van der Waals surface area contributed by atoms with Crippen molar-refractivity contribution in [3.63, 3.8) is 0 Å². The number of hydrogen-bond acceptors (Lipinski definition) is 6. The number of hydrogen-bond donors (Lipinski definition) is 2. The van der Waals surface area contributed by atoms with Gasteiger partial charge in [0.2, 0.25) is 11.8 Å². The average molecular weight is 449 g/mol. The Balaban J connectivity index is 1.67. The molecule has 2 aromatic carbocycles. The first kappa shape index (κ1) is 22.2. The van der Waals surface area contributed by atoms with Crippen molar-refractivity contribution in [3.05, 3.63) is 48.0 Å². The Morgan fingerprint density at radius 1 is 1.27 bits per heavy atom. The van der Waals surface area contributed by atoms with Crippen LogP contribution >= 0.6 is 11.8 Å². The van der Waals surface area contributed by atoms with Crippen LogP contribution in [0.2, 0.25) is 0 Å². The second kappa shape index (κ2) is 9.53. The van der Waals surface area contributed by atoms with Crippen molar-refractivity contribution in [2.75, 3.05) is 18.2 Å². The molecule has 1 unspecified atom stereocenters. The number of thioether (sulfide) groups is 1. The third-order valence-corrected chi connectivity index (χ3v) is 8.02. The van der Waals surface area contributed by atoms with Gasteiger partial charge in [-0.15, -0.1) is 11.8 Å². The number of carbonyl (C=O) groups excluding carboxylic acids is 2. The quantitative estimate of drug-likeness (QED) is 0.675. The van der Waals surface area contributed by atoms with E-state index in [2.05, 4.69) is 10.6 Å². The maximum Gasteiger partial charge on any atom is 0.225 e. The van der Waals surface area contributed by atoms with Gasteiger partial charge in [-0.1, -0.05) is 18.2 Å². The maximum atomic E-state index is 13.0. The molecule has 1 heterocycles. The topological polar surface area (TPSA) is 102 Å². The molecule has 1 aliphatic heterocycles. The molecule has 7 nitrogen and oxygen atoms in total. The van der Waals surface area contributed by atoms with E-state index < -0.39 is 15.1 Å². The average Bonchev–Trinajstić information content (AvgIpc) is 2.92. The van der Waals surface area contributed by atoms with Gasteiger partial charge in [0.05, 0.1) is 22.9 Å². The monoisotopic (exact) mass is 448 g/mol. The SMILES string of the molecule is COc1ccccc1CNC(=O)CC(C)S(=O)(=O)c1ccc2c(c1)NC(=O)CCS2. The van der Waals surface area contributed by atoms with Crippen LogP contribution in [0.15, 0.2) is 52.3 Å². The highest BCUT2D eigenvalue weighted by molar-refractivity contribution is 7.99. The molecule has 2 amide bonds. The van der Waals surface area contributed by atoms with Crippen LogP contribution in [0.5, 0.6) is 5.75 Å². The number of amides is 2. The van der Waals surface area contributed by atoms with E-state index in [0.29, 0.717) is 23.6 Å². The zero-order valence-electron chi connectivity index (χ0n) is 16.8. The number of anilines is 1. The predicted molar refractivity (Wildman–Crippen MR) is 117 cm³/mol. The smallest absolute Gasteiger partial charge is 0.225 e. The van der Waals surface area contributed by atoms with E-state index in [9.17, 15) is 18.0 Å². The molecule has 0 saturated heterocycles. The first-order valence-corrected chi connectivity index (χ1v) is 12.0. The summed E-state index contributed by atoms with van der Waals surface area (Å²) in [7, 11) is -2.19. The predicted octanol–water partition coefficient (Wildman–Crippen LogP) is 3.00. The first-order chi connectivity index (χ1) is 14.3. The third-order valence-electron chi connectivity index (χ3n) is 4.81. The summed E-state index contributed by atoms with van der Waals surface area (Å²) in [6.45, 7) is 1.76. The molecule has 9 heteroatoms. The molecule has 1 aliphatic rings. The van der Waals surface area contributed by atoms with E-state index in [1.807, 2.05) is 18.2 Å². The van der Waals surface area contributed by atoms with Gasteiger partial charge in [-0.05, 0) is 31.2 Å². The molecule has 160 valence electrons. The van der Waals surface area contributed by atoms with Crippen LogP contribution < -0.4 is 15.4 Å². The van der Waals surface area contributed by atoms with Gasteiger partial charge in [0.15, 0.2) is 9.84 Å². The molecular formula is C21H24N2O5S2. The molecule has 30 heavy (non-hydrogen) atoms. The van der Waals surface area contributed by atoms with Crippen LogP contribution in [-0.2, 0) is 26.0 Å². The van der Waals surface area contributed by atoms with Crippen LogP contribution in [-0.4, -0.2) is 38.3 Å². The van der Waals surface area contributed by atoms with Crippen LogP contribution in [0.3, 0.4) is 0 Å². The summed E-state index contributed by atoms with van der Waals surface area (Å²) in [5, 5.41) is 4.58.